The molecule has 0 aliphatic rings. The van der Waals surface area contributed by atoms with Gasteiger partial charge in [0, 0.05) is 13.0 Å². The monoisotopic (exact) mass is 258 g/mol. The summed E-state index contributed by atoms with van der Waals surface area (Å²) in [5.74, 6) is -11.6. The van der Waals surface area contributed by atoms with E-state index in [9.17, 15) is 30.7 Å². The Kier molecular flexibility index (Phi) is 4.57. The predicted octanol–water partition coefficient (Wildman–Crippen LogP) is 1.95. The Hall–Kier alpha value is -0.570. The molecule has 0 radical (unpaired) electrons. The lowest BCUT2D eigenvalue weighted by atomic mass is 10.0. The second-order valence-corrected chi connectivity index (χ2v) is 3.15. The van der Waals surface area contributed by atoms with Crippen molar-refractivity contribution in [3.63, 3.8) is 0 Å². The quantitative estimate of drug-likeness (QED) is 0.740. The molecule has 1 unspecified atom stereocenters. The SMILES string of the molecule is OCCC(O)CC(F)(F)C(F)(F)C(F)(F)F. The molecule has 0 bridgehead atoms. The summed E-state index contributed by atoms with van der Waals surface area (Å²) < 4.78 is 84.5. The smallest absolute Gasteiger partial charge is 0.396 e. The number of halogens is 7. The van der Waals surface area contributed by atoms with E-state index in [1.165, 1.54) is 0 Å². The normalized spacial score (nSPS) is 16.3. The van der Waals surface area contributed by atoms with Crippen LogP contribution < -0.4 is 0 Å². The highest BCUT2D eigenvalue weighted by Crippen LogP contribution is 2.48. The Morgan fingerprint density at radius 3 is 1.69 bits per heavy atom. The molecule has 0 aromatic carbocycles. The van der Waals surface area contributed by atoms with E-state index in [-0.39, 0.29) is 0 Å². The van der Waals surface area contributed by atoms with Crippen LogP contribution in [0.1, 0.15) is 12.8 Å². The van der Waals surface area contributed by atoms with Crippen molar-refractivity contribution in [2.24, 2.45) is 0 Å². The molecule has 1 atom stereocenters. The van der Waals surface area contributed by atoms with Crippen molar-refractivity contribution in [2.75, 3.05) is 6.61 Å². The first-order chi connectivity index (χ1) is 6.95. The van der Waals surface area contributed by atoms with Crippen LogP contribution in [0.5, 0.6) is 0 Å². The highest BCUT2D eigenvalue weighted by Gasteiger charge is 2.72. The number of alkyl halides is 7. The van der Waals surface area contributed by atoms with E-state index in [1.807, 2.05) is 0 Å². The molecule has 98 valence electrons. The van der Waals surface area contributed by atoms with Crippen molar-refractivity contribution in [2.45, 2.75) is 37.0 Å². The lowest BCUT2D eigenvalue weighted by Gasteiger charge is -2.29. The van der Waals surface area contributed by atoms with Gasteiger partial charge in [-0.1, -0.05) is 0 Å². The van der Waals surface area contributed by atoms with Crippen LogP contribution in [0.15, 0.2) is 0 Å². The molecular weight excluding hydrogens is 249 g/mol. The van der Waals surface area contributed by atoms with Crippen molar-refractivity contribution >= 4 is 0 Å². The van der Waals surface area contributed by atoms with Gasteiger partial charge in [0.2, 0.25) is 0 Å². The molecule has 0 aromatic rings. The molecule has 2 nitrogen and oxygen atoms in total. The maximum Gasteiger partial charge on any atom is 0.459 e. The van der Waals surface area contributed by atoms with Crippen LogP contribution in [-0.4, -0.2) is 40.9 Å². The summed E-state index contributed by atoms with van der Waals surface area (Å²) in [7, 11) is 0. The number of hydrogen-bond acceptors (Lipinski definition) is 2. The van der Waals surface area contributed by atoms with E-state index >= 15 is 0 Å². The molecule has 0 aliphatic heterocycles. The molecule has 0 saturated heterocycles. The van der Waals surface area contributed by atoms with Gasteiger partial charge in [0.1, 0.15) is 0 Å². The van der Waals surface area contributed by atoms with Gasteiger partial charge < -0.3 is 10.2 Å². The summed E-state index contributed by atoms with van der Waals surface area (Å²) in [5, 5.41) is 16.9. The second-order valence-electron chi connectivity index (χ2n) is 3.15. The van der Waals surface area contributed by atoms with Crippen LogP contribution in [0, 0.1) is 0 Å². The molecule has 0 rings (SSSR count). The summed E-state index contributed by atoms with van der Waals surface area (Å²) in [6, 6.07) is 0. The minimum atomic E-state index is -6.39. The van der Waals surface area contributed by atoms with Crippen molar-refractivity contribution in [3.8, 4) is 0 Å². The first kappa shape index (κ1) is 15.4. The zero-order valence-corrected chi connectivity index (χ0v) is 7.74. The third-order valence-electron chi connectivity index (χ3n) is 1.77. The van der Waals surface area contributed by atoms with Crippen LogP contribution in [0.2, 0.25) is 0 Å². The Morgan fingerprint density at radius 2 is 1.38 bits per heavy atom. The fourth-order valence-electron chi connectivity index (χ4n) is 0.883. The van der Waals surface area contributed by atoms with Gasteiger partial charge in [-0.25, -0.2) is 0 Å². The molecule has 0 aromatic heterocycles. The molecule has 0 aliphatic carbocycles. The van der Waals surface area contributed by atoms with Crippen molar-refractivity contribution < 1.29 is 40.9 Å². The van der Waals surface area contributed by atoms with Gasteiger partial charge in [-0.3, -0.25) is 0 Å². The van der Waals surface area contributed by atoms with E-state index < -0.39 is 43.6 Å². The number of hydrogen-bond donors (Lipinski definition) is 2. The Balaban J connectivity index is 4.77. The van der Waals surface area contributed by atoms with Crippen LogP contribution in [0.4, 0.5) is 30.7 Å². The van der Waals surface area contributed by atoms with Crippen molar-refractivity contribution in [1.82, 2.24) is 0 Å². The van der Waals surface area contributed by atoms with Gasteiger partial charge >= 0.3 is 18.0 Å². The molecule has 0 saturated carbocycles. The van der Waals surface area contributed by atoms with E-state index in [0.29, 0.717) is 0 Å². The average Bonchev–Trinajstić information content (AvgIpc) is 2.00. The Morgan fingerprint density at radius 1 is 0.938 bits per heavy atom. The molecule has 0 amide bonds. The van der Waals surface area contributed by atoms with Crippen LogP contribution in [-0.2, 0) is 0 Å². The van der Waals surface area contributed by atoms with Crippen molar-refractivity contribution in [1.29, 1.82) is 0 Å². The third kappa shape index (κ3) is 3.21. The van der Waals surface area contributed by atoms with Gasteiger partial charge in [0.15, 0.2) is 0 Å². The second kappa shape index (κ2) is 4.74. The molecule has 0 fully saturated rings. The van der Waals surface area contributed by atoms with Gasteiger partial charge in [0.25, 0.3) is 0 Å². The molecule has 16 heavy (non-hydrogen) atoms. The van der Waals surface area contributed by atoms with Crippen LogP contribution >= 0.6 is 0 Å². The summed E-state index contributed by atoms with van der Waals surface area (Å²) >= 11 is 0. The lowest BCUT2D eigenvalue weighted by Crippen LogP contribution is -2.53. The standard InChI is InChI=1S/C7H9F7O2/c8-5(9,3-4(16)1-2-15)6(10,11)7(12,13)14/h4,15-16H,1-3H2. The maximum absolute atomic E-state index is 12.6. The van der Waals surface area contributed by atoms with E-state index in [1.54, 1.807) is 0 Å². The maximum atomic E-state index is 12.6. The largest absolute Gasteiger partial charge is 0.459 e. The average molecular weight is 258 g/mol. The van der Waals surface area contributed by atoms with Gasteiger partial charge in [-0.2, -0.15) is 30.7 Å². The van der Waals surface area contributed by atoms with Gasteiger partial charge in [-0.15, -0.1) is 0 Å². The molecule has 0 spiro atoms. The summed E-state index contributed by atoms with van der Waals surface area (Å²) in [4.78, 5) is 0. The fourth-order valence-corrected chi connectivity index (χ4v) is 0.883. The minimum Gasteiger partial charge on any atom is -0.396 e. The predicted molar refractivity (Wildman–Crippen MR) is 38.3 cm³/mol. The zero-order valence-electron chi connectivity index (χ0n) is 7.74. The molecule has 2 N–H and O–H groups in total. The molecule has 9 heteroatoms. The van der Waals surface area contributed by atoms with Crippen LogP contribution in [0.25, 0.3) is 0 Å². The summed E-state index contributed by atoms with van der Waals surface area (Å²) in [6.07, 6.45) is -11.3. The number of rotatable bonds is 5. The lowest BCUT2D eigenvalue weighted by molar-refractivity contribution is -0.358. The summed E-state index contributed by atoms with van der Waals surface area (Å²) in [6.45, 7) is -0.797. The van der Waals surface area contributed by atoms with Crippen molar-refractivity contribution in [3.05, 3.63) is 0 Å². The molecule has 0 heterocycles. The highest BCUT2D eigenvalue weighted by atomic mass is 19.4. The Labute approximate surface area is 85.7 Å². The first-order valence-corrected chi connectivity index (χ1v) is 4.07. The summed E-state index contributed by atoms with van der Waals surface area (Å²) in [5.41, 5.74) is 0. The van der Waals surface area contributed by atoms with E-state index in [2.05, 4.69) is 0 Å². The number of aliphatic hydroxyl groups is 2. The topological polar surface area (TPSA) is 40.5 Å². The fraction of sp³-hybridized carbons (Fsp3) is 1.00. The number of aliphatic hydroxyl groups excluding tert-OH is 2. The van der Waals surface area contributed by atoms with E-state index in [0.717, 1.165) is 0 Å². The van der Waals surface area contributed by atoms with Gasteiger partial charge in [0.05, 0.1) is 6.10 Å². The van der Waals surface area contributed by atoms with Crippen LogP contribution in [0.3, 0.4) is 0 Å². The first-order valence-electron chi connectivity index (χ1n) is 4.07. The highest BCUT2D eigenvalue weighted by molar-refractivity contribution is 4.92. The Bertz CT molecular complexity index is 225. The van der Waals surface area contributed by atoms with Gasteiger partial charge in [-0.05, 0) is 6.42 Å². The molecular formula is C7H9F7O2. The third-order valence-corrected chi connectivity index (χ3v) is 1.77. The zero-order chi connectivity index (χ0) is 13.2. The minimum absolute atomic E-state index is 0.705. The van der Waals surface area contributed by atoms with E-state index in [4.69, 9.17) is 10.2 Å².